The van der Waals surface area contributed by atoms with E-state index in [2.05, 4.69) is 4.90 Å². The van der Waals surface area contributed by atoms with Crippen LogP contribution in [0.15, 0.2) is 52.3 Å². The van der Waals surface area contributed by atoms with Crippen LogP contribution >= 0.6 is 24.0 Å². The number of piperazine rings is 1. The van der Waals surface area contributed by atoms with Gasteiger partial charge in [0.25, 0.3) is 11.5 Å². The van der Waals surface area contributed by atoms with Crippen molar-refractivity contribution in [2.24, 2.45) is 0 Å². The molecule has 0 saturated carbocycles. The summed E-state index contributed by atoms with van der Waals surface area (Å²) in [5, 5.41) is 8.93. The van der Waals surface area contributed by atoms with E-state index in [1.54, 1.807) is 30.5 Å². The van der Waals surface area contributed by atoms with E-state index in [0.29, 0.717) is 52.4 Å². The summed E-state index contributed by atoms with van der Waals surface area (Å²) in [5.74, 6) is -1.09. The number of carboxylic acids is 1. The molecule has 202 valence electrons. The summed E-state index contributed by atoms with van der Waals surface area (Å²) in [6, 6.07) is 10.0. The van der Waals surface area contributed by atoms with Gasteiger partial charge in [0.05, 0.1) is 10.5 Å². The van der Waals surface area contributed by atoms with Crippen LogP contribution in [0.4, 0.5) is 15.9 Å². The number of hydrogen-bond acceptors (Lipinski definition) is 8. The van der Waals surface area contributed by atoms with Crippen LogP contribution in [0.3, 0.4) is 0 Å². The van der Waals surface area contributed by atoms with E-state index < -0.39 is 5.97 Å². The molecule has 2 fully saturated rings. The monoisotopic (exact) mass is 567 g/mol. The molecule has 0 spiro atoms. The summed E-state index contributed by atoms with van der Waals surface area (Å²) in [5.41, 5.74) is 2.30. The summed E-state index contributed by atoms with van der Waals surface area (Å²) >= 11 is 6.48. The molecule has 1 N–H and O–H groups in total. The largest absolute Gasteiger partial charge is 0.481 e. The molecule has 0 bridgehead atoms. The third-order valence-corrected chi connectivity index (χ3v) is 8.13. The van der Waals surface area contributed by atoms with Gasteiger partial charge in [-0.05, 0) is 55.3 Å². The van der Waals surface area contributed by atoms with Crippen LogP contribution < -0.4 is 15.4 Å². The Labute approximate surface area is 233 Å². The van der Waals surface area contributed by atoms with E-state index in [0.717, 1.165) is 23.0 Å². The predicted octanol–water partition coefficient (Wildman–Crippen LogP) is 3.53. The van der Waals surface area contributed by atoms with Crippen molar-refractivity contribution in [2.45, 2.75) is 19.8 Å². The standard InChI is InChI=1S/C27H26FN5O4S2/c1-17-4-2-10-32-23(17)29-24(31-14-12-30(13-15-31)19-8-6-18(28)7-9-19)20(25(32)36)16-21-26(37)33(27(38)39-21)11-3-5-22(34)35/h2,4,6-10,16H,3,5,11-15H2,1H3,(H,34,35)/b21-16+. The predicted molar refractivity (Wildman–Crippen MR) is 154 cm³/mol. The molecule has 2 aromatic heterocycles. The molecule has 4 heterocycles. The minimum Gasteiger partial charge on any atom is -0.481 e. The number of carbonyl (C=O) groups is 2. The van der Waals surface area contributed by atoms with Gasteiger partial charge in [0.2, 0.25) is 0 Å². The number of aliphatic carboxylic acids is 1. The second kappa shape index (κ2) is 11.1. The number of hydrogen-bond donors (Lipinski definition) is 1. The van der Waals surface area contributed by atoms with Crippen molar-refractivity contribution >= 4 is 63.4 Å². The number of aromatic nitrogens is 2. The normalized spacial score (nSPS) is 17.1. The van der Waals surface area contributed by atoms with Gasteiger partial charge in [-0.3, -0.25) is 23.7 Å². The molecule has 2 aliphatic rings. The summed E-state index contributed by atoms with van der Waals surface area (Å²) < 4.78 is 15.2. The summed E-state index contributed by atoms with van der Waals surface area (Å²) in [4.78, 5) is 48.5. The van der Waals surface area contributed by atoms with Gasteiger partial charge < -0.3 is 14.9 Å². The number of anilines is 2. The smallest absolute Gasteiger partial charge is 0.303 e. The van der Waals surface area contributed by atoms with Gasteiger partial charge in [-0.15, -0.1) is 0 Å². The Morgan fingerprint density at radius 2 is 1.82 bits per heavy atom. The Hall–Kier alpha value is -3.77. The Bertz CT molecular complexity index is 1550. The fourth-order valence-electron chi connectivity index (χ4n) is 4.71. The van der Waals surface area contributed by atoms with E-state index in [1.807, 2.05) is 17.9 Å². The average molecular weight is 568 g/mol. The van der Waals surface area contributed by atoms with Crippen molar-refractivity contribution in [3.63, 3.8) is 0 Å². The van der Waals surface area contributed by atoms with Gasteiger partial charge in [0, 0.05) is 51.0 Å². The highest BCUT2D eigenvalue weighted by atomic mass is 32.2. The van der Waals surface area contributed by atoms with Gasteiger partial charge in [0.15, 0.2) is 0 Å². The first kappa shape index (κ1) is 26.8. The fourth-order valence-corrected chi connectivity index (χ4v) is 6.00. The number of carboxylic acid groups (broad SMARTS) is 1. The van der Waals surface area contributed by atoms with Gasteiger partial charge in [0.1, 0.15) is 21.6 Å². The van der Waals surface area contributed by atoms with E-state index in [-0.39, 0.29) is 36.7 Å². The summed E-state index contributed by atoms with van der Waals surface area (Å²) in [7, 11) is 0. The quantitative estimate of drug-likeness (QED) is 0.340. The number of carbonyl (C=O) groups excluding carboxylic acids is 1. The molecule has 0 unspecified atom stereocenters. The second-order valence-electron chi connectivity index (χ2n) is 9.32. The van der Waals surface area contributed by atoms with Crippen LogP contribution in [-0.2, 0) is 9.59 Å². The molecular formula is C27H26FN5O4S2. The molecule has 5 rings (SSSR count). The lowest BCUT2D eigenvalue weighted by molar-refractivity contribution is -0.137. The van der Waals surface area contributed by atoms with Crippen LogP contribution in [0, 0.1) is 12.7 Å². The zero-order chi connectivity index (χ0) is 27.7. The van der Waals surface area contributed by atoms with Crippen LogP contribution in [0.1, 0.15) is 24.0 Å². The lowest BCUT2D eigenvalue weighted by Gasteiger charge is -2.37. The van der Waals surface area contributed by atoms with E-state index >= 15 is 0 Å². The van der Waals surface area contributed by atoms with Gasteiger partial charge in [-0.25, -0.2) is 9.37 Å². The molecule has 39 heavy (non-hydrogen) atoms. The highest BCUT2D eigenvalue weighted by Gasteiger charge is 2.33. The Kier molecular flexibility index (Phi) is 7.67. The highest BCUT2D eigenvalue weighted by molar-refractivity contribution is 8.26. The number of thiocarbonyl (C=S) groups is 1. The molecule has 0 atom stereocenters. The molecule has 3 aromatic rings. The van der Waals surface area contributed by atoms with E-state index in [1.165, 1.54) is 21.4 Å². The number of amides is 1. The number of fused-ring (bicyclic) bond motifs is 1. The van der Waals surface area contributed by atoms with Crippen LogP contribution in [0.2, 0.25) is 0 Å². The molecular weight excluding hydrogens is 541 g/mol. The Morgan fingerprint density at radius 1 is 1.13 bits per heavy atom. The fraction of sp³-hybridized carbons (Fsp3) is 0.296. The third kappa shape index (κ3) is 5.52. The minimum atomic E-state index is -0.939. The Balaban J connectivity index is 1.48. The van der Waals surface area contributed by atoms with Crippen molar-refractivity contribution in [1.82, 2.24) is 14.3 Å². The SMILES string of the molecule is Cc1cccn2c(=O)c(/C=C3/SC(=S)N(CCCC(=O)O)C3=O)c(N3CCN(c4ccc(F)cc4)CC3)nc12. The molecule has 2 aliphatic heterocycles. The Morgan fingerprint density at radius 3 is 2.51 bits per heavy atom. The van der Waals surface area contributed by atoms with Crippen LogP contribution in [0.5, 0.6) is 0 Å². The molecule has 9 nitrogen and oxygen atoms in total. The van der Waals surface area contributed by atoms with Crippen molar-refractivity contribution < 1.29 is 19.1 Å². The van der Waals surface area contributed by atoms with Crippen LogP contribution in [-0.4, -0.2) is 68.3 Å². The third-order valence-electron chi connectivity index (χ3n) is 6.76. The first-order valence-corrected chi connectivity index (χ1v) is 13.7. The topological polar surface area (TPSA) is 98.5 Å². The number of thioether (sulfide) groups is 1. The van der Waals surface area contributed by atoms with Crippen molar-refractivity contribution in [2.75, 3.05) is 42.5 Å². The van der Waals surface area contributed by atoms with Crippen molar-refractivity contribution in [3.05, 3.63) is 74.8 Å². The maximum absolute atomic E-state index is 13.7. The number of aryl methyl sites for hydroxylation is 1. The van der Waals surface area contributed by atoms with Gasteiger partial charge in [-0.2, -0.15) is 0 Å². The number of rotatable bonds is 7. The maximum Gasteiger partial charge on any atom is 0.303 e. The number of pyridine rings is 1. The first-order chi connectivity index (χ1) is 18.7. The van der Waals surface area contributed by atoms with Crippen molar-refractivity contribution in [1.29, 1.82) is 0 Å². The van der Waals surface area contributed by atoms with Gasteiger partial charge >= 0.3 is 5.97 Å². The first-order valence-electron chi connectivity index (χ1n) is 12.5. The number of halogens is 1. The minimum absolute atomic E-state index is 0.0700. The highest BCUT2D eigenvalue weighted by Crippen LogP contribution is 2.34. The average Bonchev–Trinajstić information content (AvgIpc) is 3.18. The zero-order valence-electron chi connectivity index (χ0n) is 21.2. The molecule has 12 heteroatoms. The molecule has 1 amide bonds. The molecule has 0 radical (unpaired) electrons. The summed E-state index contributed by atoms with van der Waals surface area (Å²) in [6.45, 7) is 4.52. The molecule has 0 aliphatic carbocycles. The lowest BCUT2D eigenvalue weighted by atomic mass is 10.2. The number of nitrogens with zero attached hydrogens (tertiary/aromatic N) is 5. The number of benzene rings is 1. The summed E-state index contributed by atoms with van der Waals surface area (Å²) in [6.07, 6.45) is 3.42. The van der Waals surface area contributed by atoms with Crippen molar-refractivity contribution in [3.8, 4) is 0 Å². The molecule has 2 saturated heterocycles. The second-order valence-corrected chi connectivity index (χ2v) is 11.0. The zero-order valence-corrected chi connectivity index (χ0v) is 22.8. The van der Waals surface area contributed by atoms with E-state index in [9.17, 15) is 18.8 Å². The lowest BCUT2D eigenvalue weighted by Crippen LogP contribution is -2.47. The van der Waals surface area contributed by atoms with Gasteiger partial charge in [-0.1, -0.05) is 30.0 Å². The van der Waals surface area contributed by atoms with Crippen LogP contribution in [0.25, 0.3) is 11.7 Å². The maximum atomic E-state index is 13.7. The van der Waals surface area contributed by atoms with E-state index in [4.69, 9.17) is 22.3 Å². The molecule has 1 aromatic carbocycles.